The maximum atomic E-state index is 12.4. The number of hydrogen-bond donors (Lipinski definition) is 1. The zero-order valence-corrected chi connectivity index (χ0v) is 18.8. The standard InChI is InChI=1S/C32H26O2/c33-32(27-19-9-3-10-20-27,28-21-11-4-12-22-28)29-23-13-14-24-30(29)34-31(25-15-5-1-6-16-25)26-17-7-2-8-18-26/h1-24,31,33H. The molecule has 0 aliphatic rings. The molecule has 0 heterocycles. The van der Waals surface area contributed by atoms with Crippen LogP contribution in [0.25, 0.3) is 0 Å². The highest BCUT2D eigenvalue weighted by Gasteiger charge is 2.36. The molecule has 2 nitrogen and oxygen atoms in total. The Hall–Kier alpha value is -4.14. The smallest absolute Gasteiger partial charge is 0.149 e. The van der Waals surface area contributed by atoms with Crippen molar-refractivity contribution in [3.63, 3.8) is 0 Å². The molecule has 0 atom stereocenters. The van der Waals surface area contributed by atoms with Crippen LogP contribution in [-0.4, -0.2) is 5.11 Å². The fraction of sp³-hybridized carbons (Fsp3) is 0.0625. The first-order valence-electron chi connectivity index (χ1n) is 11.5. The molecule has 166 valence electrons. The zero-order valence-electron chi connectivity index (χ0n) is 18.8. The minimum absolute atomic E-state index is 0.320. The number of benzene rings is 5. The first-order valence-corrected chi connectivity index (χ1v) is 11.5. The lowest BCUT2D eigenvalue weighted by Crippen LogP contribution is -2.29. The Morgan fingerprint density at radius 3 is 1.32 bits per heavy atom. The predicted octanol–water partition coefficient (Wildman–Crippen LogP) is 7.14. The summed E-state index contributed by atoms with van der Waals surface area (Å²) in [5.41, 5.74) is 2.99. The summed E-state index contributed by atoms with van der Waals surface area (Å²) in [5, 5.41) is 12.4. The summed E-state index contributed by atoms with van der Waals surface area (Å²) in [6.07, 6.45) is -0.320. The van der Waals surface area contributed by atoms with Crippen LogP contribution in [0.3, 0.4) is 0 Å². The molecule has 0 unspecified atom stereocenters. The van der Waals surface area contributed by atoms with Crippen molar-refractivity contribution in [3.05, 3.63) is 173 Å². The highest BCUT2D eigenvalue weighted by atomic mass is 16.5. The van der Waals surface area contributed by atoms with E-state index in [4.69, 9.17) is 4.74 Å². The van der Waals surface area contributed by atoms with Gasteiger partial charge in [0.2, 0.25) is 0 Å². The van der Waals surface area contributed by atoms with Crippen LogP contribution in [0.15, 0.2) is 146 Å². The van der Waals surface area contributed by atoms with E-state index in [1.54, 1.807) is 0 Å². The van der Waals surface area contributed by atoms with Crippen LogP contribution in [0.4, 0.5) is 0 Å². The van der Waals surface area contributed by atoms with Crippen molar-refractivity contribution in [2.24, 2.45) is 0 Å². The Balaban J connectivity index is 1.66. The maximum Gasteiger partial charge on any atom is 0.149 e. The highest BCUT2D eigenvalue weighted by molar-refractivity contribution is 5.52. The van der Waals surface area contributed by atoms with Crippen LogP contribution in [0, 0.1) is 0 Å². The molecule has 0 aliphatic carbocycles. The molecule has 0 spiro atoms. The molecule has 0 radical (unpaired) electrons. The molecule has 0 aliphatic heterocycles. The first-order chi connectivity index (χ1) is 16.8. The fourth-order valence-corrected chi connectivity index (χ4v) is 4.42. The Bertz CT molecular complexity index is 1240. The molecule has 34 heavy (non-hydrogen) atoms. The van der Waals surface area contributed by atoms with Gasteiger partial charge in [0.1, 0.15) is 17.5 Å². The van der Waals surface area contributed by atoms with E-state index in [-0.39, 0.29) is 6.10 Å². The second kappa shape index (κ2) is 9.78. The zero-order chi connectivity index (χ0) is 23.2. The topological polar surface area (TPSA) is 29.5 Å². The Morgan fingerprint density at radius 2 is 0.853 bits per heavy atom. The third kappa shape index (κ3) is 4.24. The molecule has 0 bridgehead atoms. The van der Waals surface area contributed by atoms with Gasteiger partial charge in [0.15, 0.2) is 0 Å². The van der Waals surface area contributed by atoms with Gasteiger partial charge >= 0.3 is 0 Å². The average Bonchev–Trinajstić information content (AvgIpc) is 2.93. The lowest BCUT2D eigenvalue weighted by Gasteiger charge is -2.32. The monoisotopic (exact) mass is 442 g/mol. The number of para-hydroxylation sites is 1. The number of hydrogen-bond acceptors (Lipinski definition) is 2. The van der Waals surface area contributed by atoms with Crippen molar-refractivity contribution in [2.45, 2.75) is 11.7 Å². The van der Waals surface area contributed by atoms with Crippen molar-refractivity contribution in [1.82, 2.24) is 0 Å². The van der Waals surface area contributed by atoms with Gasteiger partial charge in [0.05, 0.1) is 0 Å². The third-order valence-electron chi connectivity index (χ3n) is 6.11. The molecular weight excluding hydrogens is 416 g/mol. The molecule has 0 saturated heterocycles. The van der Waals surface area contributed by atoms with Crippen molar-refractivity contribution in [1.29, 1.82) is 0 Å². The molecule has 0 aromatic heterocycles. The van der Waals surface area contributed by atoms with E-state index in [1.807, 2.05) is 121 Å². The molecule has 0 saturated carbocycles. The average molecular weight is 443 g/mol. The van der Waals surface area contributed by atoms with Gasteiger partial charge < -0.3 is 9.84 Å². The highest BCUT2D eigenvalue weighted by Crippen LogP contribution is 2.42. The summed E-state index contributed by atoms with van der Waals surface area (Å²) in [5.74, 6) is 0.635. The molecule has 5 aromatic carbocycles. The van der Waals surface area contributed by atoms with E-state index in [9.17, 15) is 5.11 Å². The third-order valence-corrected chi connectivity index (χ3v) is 6.11. The van der Waals surface area contributed by atoms with Crippen LogP contribution in [0.5, 0.6) is 5.75 Å². The summed E-state index contributed by atoms with van der Waals surface area (Å²) >= 11 is 0. The van der Waals surface area contributed by atoms with E-state index in [0.29, 0.717) is 11.3 Å². The van der Waals surface area contributed by atoms with Gasteiger partial charge in [-0.25, -0.2) is 0 Å². The molecule has 0 amide bonds. The SMILES string of the molecule is OC(c1ccccc1)(c1ccccc1)c1ccccc1OC(c1ccccc1)c1ccccc1. The minimum atomic E-state index is -1.38. The Kier molecular flexibility index (Phi) is 6.24. The Labute approximate surface area is 200 Å². The van der Waals surface area contributed by atoms with Crippen LogP contribution in [-0.2, 0) is 5.60 Å². The largest absolute Gasteiger partial charge is 0.481 e. The maximum absolute atomic E-state index is 12.4. The van der Waals surface area contributed by atoms with E-state index >= 15 is 0 Å². The quantitative estimate of drug-likeness (QED) is 0.272. The molecular formula is C32H26O2. The lowest BCUT2D eigenvalue weighted by molar-refractivity contribution is 0.118. The summed E-state index contributed by atoms with van der Waals surface area (Å²) in [6, 6.07) is 47.7. The number of aliphatic hydroxyl groups is 1. The van der Waals surface area contributed by atoms with Gasteiger partial charge in [-0.1, -0.05) is 140 Å². The number of ether oxygens (including phenoxy) is 1. The van der Waals surface area contributed by atoms with Gasteiger partial charge in [-0.05, 0) is 28.3 Å². The van der Waals surface area contributed by atoms with E-state index in [2.05, 4.69) is 24.3 Å². The van der Waals surface area contributed by atoms with Crippen molar-refractivity contribution >= 4 is 0 Å². The number of rotatable bonds is 7. The van der Waals surface area contributed by atoms with Gasteiger partial charge in [0.25, 0.3) is 0 Å². The molecule has 5 aromatic rings. The minimum Gasteiger partial charge on any atom is -0.481 e. The van der Waals surface area contributed by atoms with E-state index in [1.165, 1.54) is 0 Å². The van der Waals surface area contributed by atoms with Gasteiger partial charge in [-0.2, -0.15) is 0 Å². The van der Waals surface area contributed by atoms with Crippen LogP contribution in [0.2, 0.25) is 0 Å². The summed E-state index contributed by atoms with van der Waals surface area (Å²) in [7, 11) is 0. The second-order valence-corrected chi connectivity index (χ2v) is 8.26. The molecule has 0 fully saturated rings. The molecule has 2 heteroatoms. The normalized spacial score (nSPS) is 11.4. The molecule has 5 rings (SSSR count). The summed E-state index contributed by atoms with van der Waals surface area (Å²) in [4.78, 5) is 0. The van der Waals surface area contributed by atoms with Gasteiger partial charge in [-0.3, -0.25) is 0 Å². The summed E-state index contributed by atoms with van der Waals surface area (Å²) < 4.78 is 6.75. The van der Waals surface area contributed by atoms with Crippen LogP contribution < -0.4 is 4.74 Å². The van der Waals surface area contributed by atoms with Gasteiger partial charge in [-0.15, -0.1) is 0 Å². The molecule has 1 N–H and O–H groups in total. The Morgan fingerprint density at radius 1 is 0.471 bits per heavy atom. The van der Waals surface area contributed by atoms with Crippen molar-refractivity contribution < 1.29 is 9.84 Å². The second-order valence-electron chi connectivity index (χ2n) is 8.26. The predicted molar refractivity (Wildman–Crippen MR) is 137 cm³/mol. The van der Waals surface area contributed by atoms with Crippen LogP contribution in [0.1, 0.15) is 33.9 Å². The van der Waals surface area contributed by atoms with Gasteiger partial charge in [0, 0.05) is 5.56 Å². The fourth-order valence-electron chi connectivity index (χ4n) is 4.42. The van der Waals surface area contributed by atoms with E-state index in [0.717, 1.165) is 22.3 Å². The van der Waals surface area contributed by atoms with Crippen molar-refractivity contribution in [2.75, 3.05) is 0 Å². The lowest BCUT2D eigenvalue weighted by atomic mass is 9.80. The van der Waals surface area contributed by atoms with E-state index < -0.39 is 5.60 Å². The first kappa shape index (κ1) is 21.7. The summed E-state index contributed by atoms with van der Waals surface area (Å²) in [6.45, 7) is 0. The van der Waals surface area contributed by atoms with Crippen molar-refractivity contribution in [3.8, 4) is 5.75 Å². The van der Waals surface area contributed by atoms with Crippen LogP contribution >= 0.6 is 0 Å².